The first-order chi connectivity index (χ1) is 11.2. The van der Waals surface area contributed by atoms with Crippen molar-refractivity contribution in [3.05, 3.63) is 51.6 Å². The van der Waals surface area contributed by atoms with Gasteiger partial charge < -0.3 is 9.47 Å². The van der Waals surface area contributed by atoms with Gasteiger partial charge in [0.1, 0.15) is 5.75 Å². The summed E-state index contributed by atoms with van der Waals surface area (Å²) in [6.45, 7) is 0. The SMILES string of the molecule is C#Cc1c(-c2ccc(I)cc2)nc(OC)c2cc(OC)ccc12. The summed E-state index contributed by atoms with van der Waals surface area (Å²) in [7, 11) is 3.23. The zero-order chi connectivity index (χ0) is 16.4. The fraction of sp³-hybridized carbons (Fsp3) is 0.105. The van der Waals surface area contributed by atoms with Crippen molar-refractivity contribution in [2.45, 2.75) is 0 Å². The van der Waals surface area contributed by atoms with E-state index in [-0.39, 0.29) is 0 Å². The molecule has 0 radical (unpaired) electrons. The third kappa shape index (κ3) is 2.84. The highest BCUT2D eigenvalue weighted by Gasteiger charge is 2.15. The molecular formula is C19H14INO2. The van der Waals surface area contributed by atoms with Crippen molar-refractivity contribution >= 4 is 33.4 Å². The Morgan fingerprint density at radius 1 is 1.00 bits per heavy atom. The van der Waals surface area contributed by atoms with Crippen molar-refractivity contribution in [3.8, 4) is 35.2 Å². The zero-order valence-corrected chi connectivity index (χ0v) is 14.9. The van der Waals surface area contributed by atoms with Gasteiger partial charge in [-0.3, -0.25) is 0 Å². The van der Waals surface area contributed by atoms with Crippen molar-refractivity contribution < 1.29 is 9.47 Å². The Bertz CT molecular complexity index is 911. The van der Waals surface area contributed by atoms with Gasteiger partial charge in [0.05, 0.1) is 25.5 Å². The smallest absolute Gasteiger partial charge is 0.221 e. The first kappa shape index (κ1) is 15.6. The van der Waals surface area contributed by atoms with Crippen LogP contribution in [0.2, 0.25) is 0 Å². The number of terminal acetylenes is 1. The Hall–Kier alpha value is -2.26. The van der Waals surface area contributed by atoms with Crippen molar-refractivity contribution in [2.75, 3.05) is 14.2 Å². The topological polar surface area (TPSA) is 31.4 Å². The van der Waals surface area contributed by atoms with Gasteiger partial charge in [-0.2, -0.15) is 0 Å². The number of fused-ring (bicyclic) bond motifs is 1. The summed E-state index contributed by atoms with van der Waals surface area (Å²) in [6, 6.07) is 13.8. The number of rotatable bonds is 3. The number of benzene rings is 2. The number of hydrogen-bond acceptors (Lipinski definition) is 3. The van der Waals surface area contributed by atoms with Crippen LogP contribution in [-0.4, -0.2) is 19.2 Å². The second kappa shape index (κ2) is 6.47. The molecule has 3 nitrogen and oxygen atoms in total. The highest BCUT2D eigenvalue weighted by atomic mass is 127. The van der Waals surface area contributed by atoms with Crippen LogP contribution in [-0.2, 0) is 0 Å². The van der Waals surface area contributed by atoms with E-state index in [9.17, 15) is 0 Å². The van der Waals surface area contributed by atoms with Gasteiger partial charge in [-0.1, -0.05) is 18.1 Å². The van der Waals surface area contributed by atoms with Gasteiger partial charge in [0.15, 0.2) is 0 Å². The predicted octanol–water partition coefficient (Wildman–Crippen LogP) is 4.50. The van der Waals surface area contributed by atoms with Crippen LogP contribution in [0.1, 0.15) is 5.56 Å². The highest BCUT2D eigenvalue weighted by molar-refractivity contribution is 14.1. The van der Waals surface area contributed by atoms with E-state index >= 15 is 0 Å². The first-order valence-corrected chi connectivity index (χ1v) is 8.04. The van der Waals surface area contributed by atoms with E-state index in [2.05, 4.69) is 33.5 Å². The van der Waals surface area contributed by atoms with Crippen LogP contribution in [0.25, 0.3) is 22.0 Å². The molecular weight excluding hydrogens is 401 g/mol. The fourth-order valence-corrected chi connectivity index (χ4v) is 2.87. The number of ether oxygens (including phenoxy) is 2. The van der Waals surface area contributed by atoms with E-state index in [1.54, 1.807) is 14.2 Å². The van der Waals surface area contributed by atoms with E-state index < -0.39 is 0 Å². The monoisotopic (exact) mass is 415 g/mol. The van der Waals surface area contributed by atoms with Crippen molar-refractivity contribution in [2.24, 2.45) is 0 Å². The standard InChI is InChI=1S/C19H14INO2/c1-4-15-16-10-9-14(22-2)11-17(16)19(23-3)21-18(15)12-5-7-13(20)8-6-12/h1,5-11H,2-3H3. The molecule has 0 saturated heterocycles. The molecule has 0 N–H and O–H groups in total. The molecule has 0 aliphatic heterocycles. The van der Waals surface area contributed by atoms with E-state index in [4.69, 9.17) is 15.9 Å². The molecule has 4 heteroatoms. The largest absolute Gasteiger partial charge is 0.497 e. The third-order valence-corrected chi connectivity index (χ3v) is 4.35. The lowest BCUT2D eigenvalue weighted by molar-refractivity contribution is 0.402. The minimum atomic E-state index is 0.534. The number of pyridine rings is 1. The van der Waals surface area contributed by atoms with Crippen LogP contribution in [0.4, 0.5) is 0 Å². The summed E-state index contributed by atoms with van der Waals surface area (Å²) in [5, 5.41) is 1.77. The van der Waals surface area contributed by atoms with Crippen molar-refractivity contribution in [3.63, 3.8) is 0 Å². The molecule has 0 bridgehead atoms. The van der Waals surface area contributed by atoms with E-state index in [1.165, 1.54) is 0 Å². The van der Waals surface area contributed by atoms with Gasteiger partial charge in [0, 0.05) is 19.9 Å². The number of methoxy groups -OCH3 is 2. The number of nitrogens with zero attached hydrogens (tertiary/aromatic N) is 1. The molecule has 0 aliphatic carbocycles. The molecule has 0 amide bonds. The molecule has 0 saturated carbocycles. The van der Waals surface area contributed by atoms with Crippen LogP contribution in [0, 0.1) is 15.9 Å². The average Bonchev–Trinajstić information content (AvgIpc) is 2.60. The van der Waals surface area contributed by atoms with Gasteiger partial charge >= 0.3 is 0 Å². The molecule has 0 fully saturated rings. The molecule has 0 atom stereocenters. The maximum atomic E-state index is 5.78. The van der Waals surface area contributed by atoms with Gasteiger partial charge in [0.2, 0.25) is 5.88 Å². The Morgan fingerprint density at radius 2 is 1.74 bits per heavy atom. The maximum absolute atomic E-state index is 5.78. The minimum Gasteiger partial charge on any atom is -0.497 e. The summed E-state index contributed by atoms with van der Waals surface area (Å²) < 4.78 is 11.9. The number of halogens is 1. The normalized spacial score (nSPS) is 10.3. The Morgan fingerprint density at radius 3 is 2.35 bits per heavy atom. The summed E-state index contributed by atoms with van der Waals surface area (Å²) >= 11 is 2.27. The first-order valence-electron chi connectivity index (χ1n) is 6.96. The molecule has 3 aromatic rings. The lowest BCUT2D eigenvalue weighted by Gasteiger charge is -2.13. The second-order valence-electron chi connectivity index (χ2n) is 4.91. The van der Waals surface area contributed by atoms with E-state index in [1.807, 2.05) is 42.5 Å². The zero-order valence-electron chi connectivity index (χ0n) is 12.8. The summed E-state index contributed by atoms with van der Waals surface area (Å²) in [5.41, 5.74) is 2.47. The minimum absolute atomic E-state index is 0.534. The molecule has 23 heavy (non-hydrogen) atoms. The second-order valence-corrected chi connectivity index (χ2v) is 6.15. The molecule has 3 rings (SSSR count). The van der Waals surface area contributed by atoms with Crippen LogP contribution in [0.5, 0.6) is 11.6 Å². The quantitative estimate of drug-likeness (QED) is 0.466. The molecule has 0 unspecified atom stereocenters. The maximum Gasteiger partial charge on any atom is 0.221 e. The highest BCUT2D eigenvalue weighted by Crippen LogP contribution is 2.35. The number of hydrogen-bond donors (Lipinski definition) is 0. The Balaban J connectivity index is 2.35. The molecule has 0 aliphatic rings. The van der Waals surface area contributed by atoms with Crippen LogP contribution in [0.3, 0.4) is 0 Å². The van der Waals surface area contributed by atoms with Crippen molar-refractivity contribution in [1.29, 1.82) is 0 Å². The Kier molecular flexibility index (Phi) is 4.39. The van der Waals surface area contributed by atoms with Gasteiger partial charge in [-0.15, -0.1) is 6.42 Å². The van der Waals surface area contributed by atoms with Gasteiger partial charge in [-0.25, -0.2) is 4.98 Å². The average molecular weight is 415 g/mol. The molecule has 1 aromatic heterocycles. The molecule has 1 heterocycles. The van der Waals surface area contributed by atoms with Gasteiger partial charge in [0.25, 0.3) is 0 Å². The lowest BCUT2D eigenvalue weighted by Crippen LogP contribution is -1.97. The predicted molar refractivity (Wildman–Crippen MR) is 101 cm³/mol. The lowest BCUT2D eigenvalue weighted by atomic mass is 10.00. The van der Waals surface area contributed by atoms with Gasteiger partial charge in [-0.05, 0) is 52.9 Å². The molecule has 0 spiro atoms. The van der Waals surface area contributed by atoms with Crippen LogP contribution >= 0.6 is 22.6 Å². The van der Waals surface area contributed by atoms with E-state index in [0.717, 1.165) is 36.9 Å². The Labute approximate surface area is 148 Å². The molecule has 114 valence electrons. The van der Waals surface area contributed by atoms with Crippen LogP contribution < -0.4 is 9.47 Å². The summed E-state index contributed by atoms with van der Waals surface area (Å²) in [6.07, 6.45) is 5.78. The van der Waals surface area contributed by atoms with Crippen molar-refractivity contribution in [1.82, 2.24) is 4.98 Å². The fourth-order valence-electron chi connectivity index (χ4n) is 2.51. The summed E-state index contributed by atoms with van der Waals surface area (Å²) in [4.78, 5) is 4.64. The number of aromatic nitrogens is 1. The molecule has 2 aromatic carbocycles. The third-order valence-electron chi connectivity index (χ3n) is 3.63. The van der Waals surface area contributed by atoms with Crippen LogP contribution in [0.15, 0.2) is 42.5 Å². The summed E-state index contributed by atoms with van der Waals surface area (Å²) in [5.74, 6) is 4.05. The van der Waals surface area contributed by atoms with E-state index in [0.29, 0.717) is 5.88 Å².